The lowest BCUT2D eigenvalue weighted by atomic mass is 10.1. The topological polar surface area (TPSA) is 95.7 Å². The van der Waals surface area contributed by atoms with E-state index in [2.05, 4.69) is 10.2 Å². The van der Waals surface area contributed by atoms with Gasteiger partial charge in [0.15, 0.2) is 0 Å². The fourth-order valence-electron chi connectivity index (χ4n) is 3.16. The summed E-state index contributed by atoms with van der Waals surface area (Å²) in [6.07, 6.45) is 2.03. The molecule has 1 aliphatic heterocycles. The number of nitrogen functional groups attached to an aromatic ring is 1. The van der Waals surface area contributed by atoms with Crippen LogP contribution < -0.4 is 16.0 Å². The van der Waals surface area contributed by atoms with Crippen molar-refractivity contribution in [3.63, 3.8) is 0 Å². The Labute approximate surface area is 180 Å². The molecule has 3 rings (SSSR count). The number of nitrogens with two attached hydrogens (primary N) is 1. The summed E-state index contributed by atoms with van der Waals surface area (Å²) >= 11 is 12.1. The van der Waals surface area contributed by atoms with Gasteiger partial charge in [0.05, 0.1) is 26.2 Å². The van der Waals surface area contributed by atoms with Crippen molar-refractivity contribution < 1.29 is 13.2 Å². The number of nitrogens with one attached hydrogen (secondary N) is 1. The second-order valence-corrected chi connectivity index (χ2v) is 9.93. The zero-order valence-electron chi connectivity index (χ0n) is 16.1. The zero-order chi connectivity index (χ0) is 21.3. The lowest BCUT2D eigenvalue weighted by Gasteiger charge is -2.22. The number of halogens is 2. The fraction of sp³-hybridized carbons (Fsp3) is 0.316. The van der Waals surface area contributed by atoms with Crippen LogP contribution in [0.1, 0.15) is 23.2 Å². The van der Waals surface area contributed by atoms with E-state index in [1.807, 2.05) is 0 Å². The van der Waals surface area contributed by atoms with E-state index in [4.69, 9.17) is 28.9 Å². The third-order valence-corrected chi connectivity index (χ3v) is 7.21. The number of rotatable bonds is 5. The number of sulfonamides is 1. The summed E-state index contributed by atoms with van der Waals surface area (Å²) in [4.78, 5) is 15.2. The van der Waals surface area contributed by atoms with Crippen LogP contribution in [0.5, 0.6) is 0 Å². The van der Waals surface area contributed by atoms with Crippen molar-refractivity contribution in [2.24, 2.45) is 0 Å². The van der Waals surface area contributed by atoms with Gasteiger partial charge in [-0.05, 0) is 43.2 Å². The van der Waals surface area contributed by atoms with Crippen LogP contribution in [0.4, 0.5) is 17.1 Å². The third-order valence-electron chi connectivity index (χ3n) is 4.77. The van der Waals surface area contributed by atoms with Crippen LogP contribution in [0.2, 0.25) is 10.0 Å². The highest BCUT2D eigenvalue weighted by Crippen LogP contribution is 2.33. The Hall–Kier alpha value is -2.00. The van der Waals surface area contributed by atoms with E-state index in [0.717, 1.165) is 30.2 Å². The SMILES string of the molecule is CN(C)S(=O)(=O)c1ccc(N2CCCC2)c(C(=O)Nc2cc(Cl)c(N)c(Cl)c2)c1. The second-order valence-electron chi connectivity index (χ2n) is 6.97. The predicted molar refractivity (Wildman–Crippen MR) is 118 cm³/mol. The minimum atomic E-state index is -3.69. The second kappa shape index (κ2) is 8.39. The minimum Gasteiger partial charge on any atom is -0.396 e. The maximum Gasteiger partial charge on any atom is 0.257 e. The Bertz CT molecular complexity index is 1030. The molecule has 29 heavy (non-hydrogen) atoms. The minimum absolute atomic E-state index is 0.0453. The Balaban J connectivity index is 2.03. The number of hydrogen-bond acceptors (Lipinski definition) is 5. The van der Waals surface area contributed by atoms with Crippen molar-refractivity contribution in [2.45, 2.75) is 17.7 Å². The summed E-state index contributed by atoms with van der Waals surface area (Å²) in [5.41, 5.74) is 7.28. The van der Waals surface area contributed by atoms with E-state index in [0.29, 0.717) is 11.4 Å². The fourth-order valence-corrected chi connectivity index (χ4v) is 4.57. The molecule has 0 aromatic heterocycles. The molecule has 0 radical (unpaired) electrons. The van der Waals surface area contributed by atoms with E-state index < -0.39 is 15.9 Å². The summed E-state index contributed by atoms with van der Waals surface area (Å²) in [6.45, 7) is 1.61. The molecule has 10 heteroatoms. The van der Waals surface area contributed by atoms with Crippen molar-refractivity contribution in [2.75, 3.05) is 43.1 Å². The molecule has 1 heterocycles. The molecule has 2 aromatic rings. The maximum atomic E-state index is 13.1. The van der Waals surface area contributed by atoms with Crippen LogP contribution in [0, 0.1) is 0 Å². The number of amides is 1. The summed E-state index contributed by atoms with van der Waals surface area (Å²) in [6, 6.07) is 7.60. The third kappa shape index (κ3) is 4.45. The van der Waals surface area contributed by atoms with Gasteiger partial charge in [0, 0.05) is 38.6 Å². The largest absolute Gasteiger partial charge is 0.396 e. The quantitative estimate of drug-likeness (QED) is 0.668. The highest BCUT2D eigenvalue weighted by Gasteiger charge is 2.25. The number of nitrogens with zero attached hydrogens (tertiary/aromatic N) is 2. The molecule has 0 spiro atoms. The summed E-state index contributed by atoms with van der Waals surface area (Å²) < 4.78 is 26.2. The van der Waals surface area contributed by atoms with Crippen LogP contribution in [0.3, 0.4) is 0 Å². The van der Waals surface area contributed by atoms with Crippen LogP contribution in [-0.2, 0) is 10.0 Å². The van der Waals surface area contributed by atoms with E-state index >= 15 is 0 Å². The maximum absolute atomic E-state index is 13.1. The van der Waals surface area contributed by atoms with E-state index in [9.17, 15) is 13.2 Å². The Morgan fingerprint density at radius 1 is 1.10 bits per heavy atom. The molecule has 3 N–H and O–H groups in total. The molecule has 156 valence electrons. The molecule has 0 aliphatic carbocycles. The first-order chi connectivity index (χ1) is 13.6. The lowest BCUT2D eigenvalue weighted by molar-refractivity contribution is 0.102. The average Bonchev–Trinajstić information content (AvgIpc) is 3.20. The van der Waals surface area contributed by atoms with Crippen LogP contribution in [0.15, 0.2) is 35.2 Å². The van der Waals surface area contributed by atoms with Gasteiger partial charge >= 0.3 is 0 Å². The Morgan fingerprint density at radius 3 is 2.24 bits per heavy atom. The van der Waals surface area contributed by atoms with Gasteiger partial charge in [-0.2, -0.15) is 0 Å². The summed E-state index contributed by atoms with van der Waals surface area (Å²) in [7, 11) is -0.797. The number of hydrogen-bond donors (Lipinski definition) is 2. The molecule has 1 aliphatic rings. The molecule has 1 fully saturated rings. The molecule has 0 atom stereocenters. The molecular formula is C19H22Cl2N4O3S. The van der Waals surface area contributed by atoms with Crippen LogP contribution in [-0.4, -0.2) is 45.8 Å². The van der Waals surface area contributed by atoms with Gasteiger partial charge in [-0.25, -0.2) is 12.7 Å². The monoisotopic (exact) mass is 456 g/mol. The number of carbonyl (C=O) groups excluding carboxylic acids is 1. The number of carbonyl (C=O) groups is 1. The van der Waals surface area contributed by atoms with Gasteiger partial charge in [0.25, 0.3) is 5.91 Å². The zero-order valence-corrected chi connectivity index (χ0v) is 18.4. The van der Waals surface area contributed by atoms with Gasteiger partial charge in [0.1, 0.15) is 0 Å². The summed E-state index contributed by atoms with van der Waals surface area (Å²) in [5, 5.41) is 3.18. The van der Waals surface area contributed by atoms with Crippen molar-refractivity contribution >= 4 is 56.2 Å². The van der Waals surface area contributed by atoms with Gasteiger partial charge in [-0.3, -0.25) is 4.79 Å². The number of benzene rings is 2. The molecular weight excluding hydrogens is 435 g/mol. The molecule has 0 bridgehead atoms. The highest BCUT2D eigenvalue weighted by molar-refractivity contribution is 7.89. The molecule has 0 unspecified atom stereocenters. The smallest absolute Gasteiger partial charge is 0.257 e. The van der Waals surface area contributed by atoms with E-state index in [1.165, 1.54) is 38.4 Å². The normalized spacial score (nSPS) is 14.4. The Morgan fingerprint density at radius 2 is 1.69 bits per heavy atom. The van der Waals surface area contributed by atoms with E-state index in [1.54, 1.807) is 6.07 Å². The van der Waals surface area contributed by atoms with Crippen LogP contribution in [0.25, 0.3) is 0 Å². The lowest BCUT2D eigenvalue weighted by Crippen LogP contribution is -2.25. The van der Waals surface area contributed by atoms with Crippen LogP contribution >= 0.6 is 23.2 Å². The molecule has 7 nitrogen and oxygen atoms in total. The van der Waals surface area contributed by atoms with Gasteiger partial charge in [0.2, 0.25) is 10.0 Å². The first kappa shape index (κ1) is 21.7. The average molecular weight is 457 g/mol. The van der Waals surface area contributed by atoms with E-state index in [-0.39, 0.29) is 26.2 Å². The van der Waals surface area contributed by atoms with Crippen molar-refractivity contribution in [3.05, 3.63) is 45.9 Å². The highest BCUT2D eigenvalue weighted by atomic mass is 35.5. The van der Waals surface area contributed by atoms with Crippen molar-refractivity contribution in [1.29, 1.82) is 0 Å². The standard InChI is InChI=1S/C19H22Cl2N4O3S/c1-24(2)29(27,28)13-5-6-17(25-7-3-4-8-25)14(11-13)19(26)23-12-9-15(20)18(22)16(21)10-12/h5-6,9-11H,3-4,7-8,22H2,1-2H3,(H,23,26). The first-order valence-corrected chi connectivity index (χ1v) is 11.2. The molecule has 1 saturated heterocycles. The predicted octanol–water partition coefficient (Wildman–Crippen LogP) is 3.68. The van der Waals surface area contributed by atoms with Gasteiger partial charge < -0.3 is 16.0 Å². The van der Waals surface area contributed by atoms with Crippen molar-refractivity contribution in [1.82, 2.24) is 4.31 Å². The first-order valence-electron chi connectivity index (χ1n) is 8.98. The van der Waals surface area contributed by atoms with Gasteiger partial charge in [-0.1, -0.05) is 23.2 Å². The number of anilines is 3. The summed E-state index contributed by atoms with van der Waals surface area (Å²) in [5.74, 6) is -0.459. The molecule has 1 amide bonds. The van der Waals surface area contributed by atoms with Crippen molar-refractivity contribution in [3.8, 4) is 0 Å². The van der Waals surface area contributed by atoms with Gasteiger partial charge in [-0.15, -0.1) is 0 Å². The molecule has 2 aromatic carbocycles. The molecule has 0 saturated carbocycles. The Kier molecular flexibility index (Phi) is 6.28.